The van der Waals surface area contributed by atoms with Crippen molar-refractivity contribution in [2.75, 3.05) is 14.1 Å². The molecular weight excluding hydrogens is 196 g/mol. The molecule has 84 valence electrons. The van der Waals surface area contributed by atoms with Crippen LogP contribution in [0.4, 0.5) is 0 Å². The van der Waals surface area contributed by atoms with Crippen LogP contribution >= 0.6 is 0 Å². The number of aliphatic hydroxyl groups is 1. The largest absolute Gasteiger partial charge is 0.387 e. The van der Waals surface area contributed by atoms with Crippen molar-refractivity contribution in [3.8, 4) is 0 Å². The lowest BCUT2D eigenvalue weighted by Crippen LogP contribution is -2.30. The fourth-order valence-electron chi connectivity index (χ4n) is 1.16. The van der Waals surface area contributed by atoms with Crippen molar-refractivity contribution in [3.63, 3.8) is 0 Å². The molecule has 0 saturated heterocycles. The highest BCUT2D eigenvalue weighted by Crippen LogP contribution is 2.11. The molecule has 1 heterocycles. The van der Waals surface area contributed by atoms with Gasteiger partial charge in [0.2, 0.25) is 5.91 Å². The van der Waals surface area contributed by atoms with Crippen LogP contribution < -0.4 is 0 Å². The maximum atomic E-state index is 11.6. The molecule has 6 heteroatoms. The van der Waals surface area contributed by atoms with E-state index < -0.39 is 12.1 Å². The molecule has 1 N–H and O–H groups in total. The van der Waals surface area contributed by atoms with Crippen molar-refractivity contribution >= 4 is 5.91 Å². The minimum atomic E-state index is -0.666. The molecule has 0 spiro atoms. The smallest absolute Gasteiger partial charge is 0.246 e. The van der Waals surface area contributed by atoms with Gasteiger partial charge in [-0.15, -0.1) is 5.10 Å². The summed E-state index contributed by atoms with van der Waals surface area (Å²) in [6, 6.07) is -0.403. The zero-order valence-corrected chi connectivity index (χ0v) is 9.38. The SMILES string of the molecule is CC(O)c1cn(C(C)C(=O)N(C)C)nn1. The van der Waals surface area contributed by atoms with Crippen molar-refractivity contribution in [3.05, 3.63) is 11.9 Å². The minimum absolute atomic E-state index is 0.0583. The third-order valence-corrected chi connectivity index (χ3v) is 2.15. The molecule has 0 aliphatic carbocycles. The van der Waals surface area contributed by atoms with Crippen molar-refractivity contribution in [2.45, 2.75) is 26.0 Å². The lowest BCUT2D eigenvalue weighted by Gasteiger charge is -2.16. The van der Waals surface area contributed by atoms with Gasteiger partial charge in [-0.1, -0.05) is 5.21 Å². The van der Waals surface area contributed by atoms with Crippen LogP contribution in [0.1, 0.15) is 31.7 Å². The topological polar surface area (TPSA) is 71.2 Å². The van der Waals surface area contributed by atoms with E-state index in [1.807, 2.05) is 0 Å². The summed E-state index contributed by atoms with van der Waals surface area (Å²) < 4.78 is 1.45. The summed E-state index contributed by atoms with van der Waals surface area (Å²) in [6.07, 6.45) is 0.914. The first-order valence-corrected chi connectivity index (χ1v) is 4.74. The molecule has 6 nitrogen and oxygen atoms in total. The Hall–Kier alpha value is -1.43. The van der Waals surface area contributed by atoms with Crippen LogP contribution in [0.3, 0.4) is 0 Å². The Labute approximate surface area is 88.5 Å². The van der Waals surface area contributed by atoms with Gasteiger partial charge >= 0.3 is 0 Å². The highest BCUT2D eigenvalue weighted by Gasteiger charge is 2.19. The second-order valence-electron chi connectivity index (χ2n) is 3.71. The molecule has 1 rings (SSSR count). The number of aliphatic hydroxyl groups excluding tert-OH is 1. The number of hydrogen-bond acceptors (Lipinski definition) is 4. The van der Waals surface area contributed by atoms with E-state index in [1.165, 1.54) is 9.58 Å². The first-order chi connectivity index (χ1) is 6.93. The third kappa shape index (κ3) is 2.53. The Morgan fingerprint density at radius 3 is 2.53 bits per heavy atom. The Bertz CT molecular complexity index is 346. The standard InChI is InChI=1S/C9H16N4O2/c1-6(9(15)12(3)4)13-5-8(7(2)14)10-11-13/h5-7,14H,1-4H3. The Kier molecular flexibility index (Phi) is 3.41. The zero-order valence-electron chi connectivity index (χ0n) is 9.38. The Balaban J connectivity index is 2.83. The molecule has 0 radical (unpaired) electrons. The van der Waals surface area contributed by atoms with Gasteiger partial charge in [0.1, 0.15) is 11.7 Å². The molecule has 0 aliphatic rings. The van der Waals surface area contributed by atoms with E-state index in [4.69, 9.17) is 0 Å². The summed E-state index contributed by atoms with van der Waals surface area (Å²) in [6.45, 7) is 3.34. The number of aromatic nitrogens is 3. The van der Waals surface area contributed by atoms with Crippen molar-refractivity contribution in [1.82, 2.24) is 19.9 Å². The first-order valence-electron chi connectivity index (χ1n) is 4.74. The molecule has 15 heavy (non-hydrogen) atoms. The molecule has 2 unspecified atom stereocenters. The molecule has 2 atom stereocenters. The van der Waals surface area contributed by atoms with Crippen molar-refractivity contribution in [1.29, 1.82) is 0 Å². The van der Waals surface area contributed by atoms with Gasteiger partial charge in [0.25, 0.3) is 0 Å². The molecule has 1 amide bonds. The van der Waals surface area contributed by atoms with Crippen LogP contribution in [-0.4, -0.2) is 45.0 Å². The van der Waals surface area contributed by atoms with Crippen LogP contribution in [0, 0.1) is 0 Å². The number of nitrogens with zero attached hydrogens (tertiary/aromatic N) is 4. The summed E-state index contributed by atoms with van der Waals surface area (Å²) in [4.78, 5) is 13.1. The Morgan fingerprint density at radius 1 is 1.53 bits per heavy atom. The molecule has 0 fully saturated rings. The van der Waals surface area contributed by atoms with E-state index in [1.54, 1.807) is 34.1 Å². The van der Waals surface area contributed by atoms with Gasteiger partial charge in [-0.3, -0.25) is 4.79 Å². The average Bonchev–Trinajstić information content (AvgIpc) is 2.64. The number of hydrogen-bond donors (Lipinski definition) is 1. The van der Waals surface area contributed by atoms with Crippen molar-refractivity contribution in [2.24, 2.45) is 0 Å². The highest BCUT2D eigenvalue weighted by molar-refractivity contribution is 5.79. The monoisotopic (exact) mass is 212 g/mol. The molecule has 1 aromatic heterocycles. The van der Waals surface area contributed by atoms with E-state index in [9.17, 15) is 9.90 Å². The van der Waals surface area contributed by atoms with Crippen LogP contribution in [0.25, 0.3) is 0 Å². The average molecular weight is 212 g/mol. The first kappa shape index (κ1) is 11.6. The van der Waals surface area contributed by atoms with E-state index in [0.717, 1.165) is 0 Å². The van der Waals surface area contributed by atoms with E-state index >= 15 is 0 Å². The second-order valence-corrected chi connectivity index (χ2v) is 3.71. The fourth-order valence-corrected chi connectivity index (χ4v) is 1.16. The molecular formula is C9H16N4O2. The molecule has 0 aliphatic heterocycles. The minimum Gasteiger partial charge on any atom is -0.387 e. The summed E-state index contributed by atoms with van der Waals surface area (Å²) >= 11 is 0. The summed E-state index contributed by atoms with van der Waals surface area (Å²) in [5, 5.41) is 16.8. The number of likely N-dealkylation sites (N-methyl/N-ethyl adjacent to an activating group) is 1. The summed E-state index contributed by atoms with van der Waals surface area (Å²) in [5.74, 6) is -0.0583. The van der Waals surface area contributed by atoms with Gasteiger partial charge in [-0.05, 0) is 13.8 Å². The van der Waals surface area contributed by atoms with Gasteiger partial charge in [0.15, 0.2) is 0 Å². The van der Waals surface area contributed by atoms with Gasteiger partial charge in [-0.2, -0.15) is 0 Å². The molecule has 1 aromatic rings. The van der Waals surface area contributed by atoms with Crippen LogP contribution in [-0.2, 0) is 4.79 Å². The zero-order chi connectivity index (χ0) is 11.6. The molecule has 0 bridgehead atoms. The predicted molar refractivity (Wildman–Crippen MR) is 54.1 cm³/mol. The Morgan fingerprint density at radius 2 is 2.13 bits per heavy atom. The van der Waals surface area contributed by atoms with Crippen LogP contribution in [0.5, 0.6) is 0 Å². The maximum Gasteiger partial charge on any atom is 0.246 e. The maximum absolute atomic E-state index is 11.6. The highest BCUT2D eigenvalue weighted by atomic mass is 16.3. The fraction of sp³-hybridized carbons (Fsp3) is 0.667. The van der Waals surface area contributed by atoms with Crippen LogP contribution in [0.15, 0.2) is 6.20 Å². The lowest BCUT2D eigenvalue weighted by atomic mass is 10.3. The van der Waals surface area contributed by atoms with Crippen LogP contribution in [0.2, 0.25) is 0 Å². The second kappa shape index (κ2) is 4.39. The number of carbonyl (C=O) groups excluding carboxylic acids is 1. The normalized spacial score (nSPS) is 14.7. The lowest BCUT2D eigenvalue weighted by molar-refractivity contribution is -0.132. The van der Waals surface area contributed by atoms with Gasteiger partial charge in [0.05, 0.1) is 12.3 Å². The number of carbonyl (C=O) groups is 1. The summed E-state index contributed by atoms with van der Waals surface area (Å²) in [7, 11) is 3.37. The van der Waals surface area contributed by atoms with E-state index in [0.29, 0.717) is 5.69 Å². The number of rotatable bonds is 3. The van der Waals surface area contributed by atoms with E-state index in [2.05, 4.69) is 10.3 Å². The van der Waals surface area contributed by atoms with E-state index in [-0.39, 0.29) is 5.91 Å². The number of amides is 1. The summed E-state index contributed by atoms with van der Waals surface area (Å²) in [5.41, 5.74) is 0.466. The van der Waals surface area contributed by atoms with Crippen molar-refractivity contribution < 1.29 is 9.90 Å². The molecule has 0 aromatic carbocycles. The quantitative estimate of drug-likeness (QED) is 0.764. The molecule has 0 saturated carbocycles. The third-order valence-electron chi connectivity index (χ3n) is 2.15. The van der Waals surface area contributed by atoms with Gasteiger partial charge < -0.3 is 10.0 Å². The van der Waals surface area contributed by atoms with Gasteiger partial charge in [-0.25, -0.2) is 4.68 Å². The predicted octanol–water partition coefficient (Wildman–Crippen LogP) is -0.0194. The van der Waals surface area contributed by atoms with Gasteiger partial charge in [0, 0.05) is 14.1 Å².